The van der Waals surface area contributed by atoms with Crippen LogP contribution in [0.1, 0.15) is 11.1 Å². The summed E-state index contributed by atoms with van der Waals surface area (Å²) < 4.78 is 0. The second kappa shape index (κ2) is 6.34. The van der Waals surface area contributed by atoms with Gasteiger partial charge in [0.2, 0.25) is 0 Å². The fourth-order valence-corrected chi connectivity index (χ4v) is 2.87. The number of amidine groups is 1. The summed E-state index contributed by atoms with van der Waals surface area (Å²) in [5, 5.41) is 4.01. The van der Waals surface area contributed by atoms with Crippen molar-refractivity contribution in [3.8, 4) is 0 Å². The molecule has 1 aliphatic heterocycles. The van der Waals surface area contributed by atoms with Crippen molar-refractivity contribution in [3.63, 3.8) is 0 Å². The molecule has 0 spiro atoms. The van der Waals surface area contributed by atoms with E-state index in [1.165, 1.54) is 11.8 Å². The molecule has 1 amide bonds. The van der Waals surface area contributed by atoms with Crippen molar-refractivity contribution in [3.05, 3.63) is 63.8 Å². The van der Waals surface area contributed by atoms with E-state index in [2.05, 4.69) is 15.3 Å². The summed E-state index contributed by atoms with van der Waals surface area (Å²) in [5.74, 6) is -0.154. The largest absolute Gasteiger partial charge is 0.300 e. The Kier molecular flexibility index (Phi) is 4.27. The van der Waals surface area contributed by atoms with Crippen LogP contribution in [0.3, 0.4) is 0 Å². The van der Waals surface area contributed by atoms with Gasteiger partial charge >= 0.3 is 0 Å². The van der Waals surface area contributed by atoms with Crippen LogP contribution in [-0.4, -0.2) is 16.1 Å². The summed E-state index contributed by atoms with van der Waals surface area (Å²) in [4.78, 5) is 21.0. The van der Waals surface area contributed by atoms with Crippen molar-refractivity contribution in [1.29, 1.82) is 0 Å². The zero-order valence-corrected chi connectivity index (χ0v) is 13.3. The molecule has 2 aromatic rings. The number of benzene rings is 1. The van der Waals surface area contributed by atoms with Gasteiger partial charge < -0.3 is 5.32 Å². The SMILES string of the molecule is Cc1cc(N=C2NC(=O)C(=Cc3cccnc3)S2)ccc1Cl. The molecule has 22 heavy (non-hydrogen) atoms. The Balaban J connectivity index is 1.83. The van der Waals surface area contributed by atoms with Crippen molar-refractivity contribution >= 4 is 46.2 Å². The van der Waals surface area contributed by atoms with Gasteiger partial charge in [-0.1, -0.05) is 17.7 Å². The van der Waals surface area contributed by atoms with Crippen LogP contribution in [0.4, 0.5) is 5.69 Å². The summed E-state index contributed by atoms with van der Waals surface area (Å²) in [7, 11) is 0. The van der Waals surface area contributed by atoms with E-state index >= 15 is 0 Å². The number of aromatic nitrogens is 1. The lowest BCUT2D eigenvalue weighted by Crippen LogP contribution is -2.19. The van der Waals surface area contributed by atoms with Crippen LogP contribution in [0.2, 0.25) is 5.02 Å². The molecular weight excluding hydrogens is 318 g/mol. The molecular formula is C16H12ClN3OS. The molecule has 6 heteroatoms. The fourth-order valence-electron chi connectivity index (χ4n) is 1.91. The summed E-state index contributed by atoms with van der Waals surface area (Å²) in [6, 6.07) is 9.22. The normalized spacial score (nSPS) is 18.0. The molecule has 0 radical (unpaired) electrons. The van der Waals surface area contributed by atoms with E-state index in [0.29, 0.717) is 15.1 Å². The van der Waals surface area contributed by atoms with Gasteiger partial charge in [-0.25, -0.2) is 4.99 Å². The highest BCUT2D eigenvalue weighted by Gasteiger charge is 2.23. The monoisotopic (exact) mass is 329 g/mol. The van der Waals surface area contributed by atoms with Gasteiger partial charge in [0.1, 0.15) is 0 Å². The third-order valence-electron chi connectivity index (χ3n) is 3.01. The molecule has 1 aromatic carbocycles. The molecule has 0 unspecified atom stereocenters. The fraction of sp³-hybridized carbons (Fsp3) is 0.0625. The maximum Gasteiger partial charge on any atom is 0.264 e. The molecule has 1 saturated heterocycles. The zero-order chi connectivity index (χ0) is 15.5. The Bertz CT molecular complexity index is 787. The quantitative estimate of drug-likeness (QED) is 0.849. The van der Waals surface area contributed by atoms with Gasteiger partial charge in [0, 0.05) is 17.4 Å². The van der Waals surface area contributed by atoms with E-state index < -0.39 is 0 Å². The molecule has 1 N–H and O–H groups in total. The van der Waals surface area contributed by atoms with Crippen LogP contribution >= 0.6 is 23.4 Å². The Morgan fingerprint density at radius 3 is 2.95 bits per heavy atom. The number of pyridine rings is 1. The average Bonchev–Trinajstić information content (AvgIpc) is 2.84. The number of rotatable bonds is 2. The molecule has 0 saturated carbocycles. The first kappa shape index (κ1) is 14.8. The second-order valence-electron chi connectivity index (χ2n) is 4.70. The number of hydrogen-bond donors (Lipinski definition) is 1. The predicted molar refractivity (Wildman–Crippen MR) is 91.2 cm³/mol. The lowest BCUT2D eigenvalue weighted by molar-refractivity contribution is -0.115. The highest BCUT2D eigenvalue weighted by Crippen LogP contribution is 2.29. The van der Waals surface area contributed by atoms with Crippen LogP contribution in [0, 0.1) is 6.92 Å². The number of aliphatic imine (C=N–C) groups is 1. The first-order valence-electron chi connectivity index (χ1n) is 6.57. The number of carbonyl (C=O) groups is 1. The third-order valence-corrected chi connectivity index (χ3v) is 4.34. The Labute approximate surface area is 137 Å². The van der Waals surface area contributed by atoms with Crippen LogP contribution in [0.5, 0.6) is 0 Å². The molecule has 1 fully saturated rings. The van der Waals surface area contributed by atoms with Crippen molar-refractivity contribution in [1.82, 2.24) is 10.3 Å². The highest BCUT2D eigenvalue weighted by atomic mass is 35.5. The maximum atomic E-state index is 12.0. The molecule has 4 nitrogen and oxygen atoms in total. The maximum absolute atomic E-state index is 12.0. The van der Waals surface area contributed by atoms with Gasteiger partial charge in [-0.05, 0) is 60.2 Å². The Morgan fingerprint density at radius 2 is 2.23 bits per heavy atom. The summed E-state index contributed by atoms with van der Waals surface area (Å²) in [5.41, 5.74) is 2.58. The van der Waals surface area contributed by atoms with Crippen LogP contribution in [0.25, 0.3) is 6.08 Å². The number of nitrogens with one attached hydrogen (secondary N) is 1. The summed E-state index contributed by atoms with van der Waals surface area (Å²) >= 11 is 7.30. The molecule has 1 aromatic heterocycles. The van der Waals surface area contributed by atoms with Crippen molar-refractivity contribution in [2.75, 3.05) is 0 Å². The van der Waals surface area contributed by atoms with E-state index in [1.54, 1.807) is 24.5 Å². The van der Waals surface area contributed by atoms with Crippen LogP contribution < -0.4 is 5.32 Å². The number of aryl methyl sites for hydroxylation is 1. The lowest BCUT2D eigenvalue weighted by atomic mass is 10.2. The first-order valence-corrected chi connectivity index (χ1v) is 7.77. The van der Waals surface area contributed by atoms with Crippen molar-refractivity contribution in [2.24, 2.45) is 4.99 Å². The van der Waals surface area contributed by atoms with E-state index in [-0.39, 0.29) is 5.91 Å². The van der Waals surface area contributed by atoms with Gasteiger partial charge in [-0.15, -0.1) is 0 Å². The lowest BCUT2D eigenvalue weighted by Gasteiger charge is -2.00. The number of hydrogen-bond acceptors (Lipinski definition) is 4. The van der Waals surface area contributed by atoms with Crippen molar-refractivity contribution < 1.29 is 4.79 Å². The van der Waals surface area contributed by atoms with E-state index in [1.807, 2.05) is 31.2 Å². The van der Waals surface area contributed by atoms with Gasteiger partial charge in [-0.3, -0.25) is 9.78 Å². The predicted octanol–water partition coefficient (Wildman–Crippen LogP) is 3.94. The smallest absolute Gasteiger partial charge is 0.264 e. The Hall–Kier alpha value is -2.11. The molecule has 0 atom stereocenters. The number of halogens is 1. The zero-order valence-electron chi connectivity index (χ0n) is 11.7. The molecule has 3 rings (SSSR count). The average molecular weight is 330 g/mol. The number of carbonyl (C=O) groups excluding carboxylic acids is 1. The molecule has 2 heterocycles. The van der Waals surface area contributed by atoms with E-state index in [0.717, 1.165) is 16.8 Å². The first-order chi connectivity index (χ1) is 10.6. The highest BCUT2D eigenvalue weighted by molar-refractivity contribution is 8.18. The van der Waals surface area contributed by atoms with E-state index in [9.17, 15) is 4.79 Å². The molecule has 0 bridgehead atoms. The van der Waals surface area contributed by atoms with Gasteiger partial charge in [0.25, 0.3) is 5.91 Å². The minimum absolute atomic E-state index is 0.154. The molecule has 1 aliphatic rings. The molecule has 110 valence electrons. The van der Waals surface area contributed by atoms with Gasteiger partial charge in [-0.2, -0.15) is 0 Å². The topological polar surface area (TPSA) is 54.4 Å². The molecule has 0 aliphatic carbocycles. The second-order valence-corrected chi connectivity index (χ2v) is 6.14. The third kappa shape index (κ3) is 3.37. The van der Waals surface area contributed by atoms with Gasteiger partial charge in [0.05, 0.1) is 10.6 Å². The standard InChI is InChI=1S/C16H12ClN3OS/c1-10-7-12(4-5-13(10)17)19-16-20-15(21)14(22-16)8-11-3-2-6-18-9-11/h2-9H,1H3,(H,19,20,21). The number of thioether (sulfide) groups is 1. The number of nitrogens with zero attached hydrogens (tertiary/aromatic N) is 2. The van der Waals surface area contributed by atoms with Gasteiger partial charge in [0.15, 0.2) is 5.17 Å². The number of amides is 1. The van der Waals surface area contributed by atoms with E-state index in [4.69, 9.17) is 11.6 Å². The van der Waals surface area contributed by atoms with Crippen LogP contribution in [0.15, 0.2) is 52.6 Å². The van der Waals surface area contributed by atoms with Crippen LogP contribution in [-0.2, 0) is 4.79 Å². The minimum atomic E-state index is -0.154. The minimum Gasteiger partial charge on any atom is -0.300 e. The van der Waals surface area contributed by atoms with Crippen molar-refractivity contribution in [2.45, 2.75) is 6.92 Å². The summed E-state index contributed by atoms with van der Waals surface area (Å²) in [6.07, 6.45) is 5.20. The summed E-state index contributed by atoms with van der Waals surface area (Å²) in [6.45, 7) is 1.92. The Morgan fingerprint density at radius 1 is 1.36 bits per heavy atom.